The maximum atomic E-state index is 5.95. The van der Waals surface area contributed by atoms with E-state index in [1.807, 2.05) is 26.0 Å². The summed E-state index contributed by atoms with van der Waals surface area (Å²) in [6, 6.07) is 7.37. The van der Waals surface area contributed by atoms with E-state index >= 15 is 0 Å². The van der Waals surface area contributed by atoms with Crippen molar-refractivity contribution in [3.8, 4) is 11.6 Å². The first kappa shape index (κ1) is 12.3. The summed E-state index contributed by atoms with van der Waals surface area (Å²) in [5.74, 6) is 1.11. The maximum absolute atomic E-state index is 5.95. The number of fused-ring (bicyclic) bond motifs is 1. The van der Waals surface area contributed by atoms with Gasteiger partial charge >= 0.3 is 0 Å². The Morgan fingerprint density at radius 2 is 1.95 bits per heavy atom. The summed E-state index contributed by atoms with van der Waals surface area (Å²) in [5, 5.41) is 0.864. The van der Waals surface area contributed by atoms with E-state index in [4.69, 9.17) is 10.5 Å². The fourth-order valence-corrected chi connectivity index (χ4v) is 1.97. The molecule has 0 radical (unpaired) electrons. The molecule has 3 aromatic rings. The van der Waals surface area contributed by atoms with Gasteiger partial charge in [0.25, 0.3) is 0 Å². The van der Waals surface area contributed by atoms with Crippen LogP contribution in [0.3, 0.4) is 0 Å². The van der Waals surface area contributed by atoms with Crippen LogP contribution in [-0.2, 0) is 0 Å². The molecular formula is C15H14N4O. The topological polar surface area (TPSA) is 73.9 Å². The Labute approximate surface area is 116 Å². The van der Waals surface area contributed by atoms with Gasteiger partial charge in [-0.1, -0.05) is 0 Å². The van der Waals surface area contributed by atoms with Crippen LogP contribution < -0.4 is 10.5 Å². The highest BCUT2D eigenvalue weighted by Gasteiger charge is 2.10. The smallest absolute Gasteiger partial charge is 0.241 e. The number of aromatic nitrogens is 3. The molecule has 0 aliphatic rings. The molecular weight excluding hydrogens is 252 g/mol. The van der Waals surface area contributed by atoms with Crippen molar-refractivity contribution < 1.29 is 4.74 Å². The van der Waals surface area contributed by atoms with Crippen LogP contribution >= 0.6 is 0 Å². The molecule has 0 aliphatic carbocycles. The van der Waals surface area contributed by atoms with Crippen LogP contribution in [0.4, 0.5) is 5.69 Å². The van der Waals surface area contributed by atoms with Crippen molar-refractivity contribution in [2.24, 2.45) is 0 Å². The molecule has 2 heterocycles. The second-order valence-corrected chi connectivity index (χ2v) is 4.56. The summed E-state index contributed by atoms with van der Waals surface area (Å²) in [7, 11) is 0. The van der Waals surface area contributed by atoms with Crippen LogP contribution in [0.25, 0.3) is 10.9 Å². The van der Waals surface area contributed by atoms with Gasteiger partial charge in [-0.2, -0.15) is 0 Å². The Morgan fingerprint density at radius 1 is 1.10 bits per heavy atom. The van der Waals surface area contributed by atoms with E-state index < -0.39 is 0 Å². The average molecular weight is 266 g/mol. The lowest BCUT2D eigenvalue weighted by Gasteiger charge is -2.10. The number of hydrogen-bond acceptors (Lipinski definition) is 5. The summed E-state index contributed by atoms with van der Waals surface area (Å²) in [6.07, 6.45) is 3.42. The summed E-state index contributed by atoms with van der Waals surface area (Å²) < 4.78 is 5.87. The number of hydrogen-bond donors (Lipinski definition) is 1. The van der Waals surface area contributed by atoms with Crippen LogP contribution in [0.5, 0.6) is 11.6 Å². The van der Waals surface area contributed by atoms with Crippen molar-refractivity contribution in [1.82, 2.24) is 15.0 Å². The number of rotatable bonds is 2. The third-order valence-corrected chi connectivity index (χ3v) is 3.01. The molecule has 0 fully saturated rings. The molecule has 5 heteroatoms. The number of anilines is 1. The fraction of sp³-hybridized carbons (Fsp3) is 0.133. The van der Waals surface area contributed by atoms with Crippen LogP contribution in [0.2, 0.25) is 0 Å². The number of benzene rings is 1. The number of aryl methyl sites for hydroxylation is 2. The molecule has 0 spiro atoms. The minimum absolute atomic E-state index is 0.488. The lowest BCUT2D eigenvalue weighted by Crippen LogP contribution is -1.98. The van der Waals surface area contributed by atoms with Crippen LogP contribution in [0, 0.1) is 13.8 Å². The van der Waals surface area contributed by atoms with E-state index in [1.165, 1.54) is 0 Å². The molecule has 0 atom stereocenters. The number of ether oxygens (including phenoxy) is 1. The lowest BCUT2D eigenvalue weighted by atomic mass is 10.1. The highest BCUT2D eigenvalue weighted by molar-refractivity contribution is 5.94. The lowest BCUT2D eigenvalue weighted by molar-refractivity contribution is 0.458. The van der Waals surface area contributed by atoms with Crippen molar-refractivity contribution in [2.45, 2.75) is 13.8 Å². The molecule has 5 nitrogen and oxygen atoms in total. The van der Waals surface area contributed by atoms with Gasteiger partial charge < -0.3 is 10.5 Å². The summed E-state index contributed by atoms with van der Waals surface area (Å²) >= 11 is 0. The monoisotopic (exact) mass is 266 g/mol. The second-order valence-electron chi connectivity index (χ2n) is 4.56. The number of nitrogens with zero attached hydrogens (tertiary/aromatic N) is 3. The molecule has 0 saturated carbocycles. The summed E-state index contributed by atoms with van der Waals surface area (Å²) in [5.41, 5.74) is 8.88. The van der Waals surface area contributed by atoms with Gasteiger partial charge in [0.2, 0.25) is 5.88 Å². The zero-order valence-electron chi connectivity index (χ0n) is 11.3. The van der Waals surface area contributed by atoms with E-state index in [1.54, 1.807) is 24.5 Å². The van der Waals surface area contributed by atoms with Gasteiger partial charge in [0.05, 0.1) is 11.4 Å². The Kier molecular flexibility index (Phi) is 2.95. The molecule has 0 unspecified atom stereocenters. The van der Waals surface area contributed by atoms with Crippen LogP contribution in [-0.4, -0.2) is 15.0 Å². The molecule has 2 aromatic heterocycles. The zero-order chi connectivity index (χ0) is 14.1. The van der Waals surface area contributed by atoms with Crippen LogP contribution in [0.1, 0.15) is 11.4 Å². The maximum Gasteiger partial charge on any atom is 0.241 e. The number of nitrogen functional groups attached to an aromatic ring is 1. The number of pyridine rings is 1. The van der Waals surface area contributed by atoms with Gasteiger partial charge in [-0.05, 0) is 38.1 Å². The highest BCUT2D eigenvalue weighted by Crippen LogP contribution is 2.31. The molecule has 0 saturated heterocycles. The molecule has 1 aromatic carbocycles. The van der Waals surface area contributed by atoms with Crippen molar-refractivity contribution >= 4 is 16.6 Å². The molecule has 0 bridgehead atoms. The first-order valence-corrected chi connectivity index (χ1v) is 6.26. The first-order valence-electron chi connectivity index (χ1n) is 6.26. The predicted octanol–water partition coefficient (Wildman–Crippen LogP) is 3.02. The van der Waals surface area contributed by atoms with E-state index in [0.717, 1.165) is 22.3 Å². The van der Waals surface area contributed by atoms with Gasteiger partial charge in [0.1, 0.15) is 5.52 Å². The molecule has 0 amide bonds. The Hall–Kier alpha value is -2.69. The van der Waals surface area contributed by atoms with E-state index in [-0.39, 0.29) is 0 Å². The molecule has 100 valence electrons. The fourth-order valence-electron chi connectivity index (χ4n) is 1.97. The van der Waals surface area contributed by atoms with Gasteiger partial charge in [-0.25, -0.2) is 4.98 Å². The summed E-state index contributed by atoms with van der Waals surface area (Å²) in [6.45, 7) is 3.73. The van der Waals surface area contributed by atoms with Crippen molar-refractivity contribution in [3.05, 3.63) is 48.0 Å². The highest BCUT2D eigenvalue weighted by atomic mass is 16.5. The van der Waals surface area contributed by atoms with Crippen molar-refractivity contribution in [3.63, 3.8) is 0 Å². The Bertz CT molecular complexity index is 786. The Balaban J connectivity index is 2.11. The largest absolute Gasteiger partial charge is 0.435 e. The van der Waals surface area contributed by atoms with Crippen molar-refractivity contribution in [1.29, 1.82) is 0 Å². The van der Waals surface area contributed by atoms with Gasteiger partial charge in [0, 0.05) is 23.5 Å². The standard InChI is InChI=1S/C15H14N4O/c1-9-8-18-10(2)15(19-9)20-13-6-5-12(16)11-4-3-7-17-14(11)13/h3-8H,16H2,1-2H3. The third-order valence-electron chi connectivity index (χ3n) is 3.01. The summed E-state index contributed by atoms with van der Waals surface area (Å²) in [4.78, 5) is 12.9. The van der Waals surface area contributed by atoms with E-state index in [9.17, 15) is 0 Å². The third kappa shape index (κ3) is 2.14. The van der Waals surface area contributed by atoms with Crippen LogP contribution in [0.15, 0.2) is 36.7 Å². The van der Waals surface area contributed by atoms with Gasteiger partial charge in [-0.15, -0.1) is 0 Å². The molecule has 0 aliphatic heterocycles. The van der Waals surface area contributed by atoms with E-state index in [0.29, 0.717) is 17.3 Å². The van der Waals surface area contributed by atoms with Crippen molar-refractivity contribution in [2.75, 3.05) is 5.73 Å². The quantitative estimate of drug-likeness (QED) is 0.722. The normalized spacial score (nSPS) is 10.7. The van der Waals surface area contributed by atoms with Gasteiger partial charge in [0.15, 0.2) is 5.75 Å². The molecule has 2 N–H and O–H groups in total. The SMILES string of the molecule is Cc1cnc(C)c(Oc2ccc(N)c3cccnc23)n1. The van der Waals surface area contributed by atoms with E-state index in [2.05, 4.69) is 15.0 Å². The average Bonchev–Trinajstić information content (AvgIpc) is 2.46. The minimum atomic E-state index is 0.488. The Morgan fingerprint density at radius 3 is 2.80 bits per heavy atom. The molecule has 3 rings (SSSR count). The van der Waals surface area contributed by atoms with Gasteiger partial charge in [-0.3, -0.25) is 9.97 Å². The predicted molar refractivity (Wildman–Crippen MR) is 77.7 cm³/mol. The first-order chi connectivity index (χ1) is 9.65. The zero-order valence-corrected chi connectivity index (χ0v) is 11.3. The minimum Gasteiger partial charge on any atom is -0.435 e. The number of nitrogens with two attached hydrogens (primary N) is 1. The molecule has 20 heavy (non-hydrogen) atoms. The second kappa shape index (κ2) is 4.77.